The molecule has 0 saturated heterocycles. The Morgan fingerprint density at radius 2 is 2.42 bits per heavy atom. The molecule has 0 aliphatic carbocycles. The molecule has 0 saturated carbocycles. The van der Waals surface area contributed by atoms with E-state index in [9.17, 15) is 4.39 Å². The number of rotatable bonds is 2. The first-order valence-corrected chi connectivity index (χ1v) is 4.63. The van der Waals surface area contributed by atoms with Crippen LogP contribution >= 0.6 is 0 Å². The Balaban J connectivity index is 2.46. The third kappa shape index (κ3) is 2.59. The van der Waals surface area contributed by atoms with Gasteiger partial charge in [-0.25, -0.2) is 4.39 Å². The van der Waals surface area contributed by atoms with Crippen LogP contribution < -0.4 is 0 Å². The second-order valence-corrected chi connectivity index (χ2v) is 3.84. The Morgan fingerprint density at radius 3 is 2.92 bits per heavy atom. The molecule has 2 atom stereocenters. The molecule has 12 heavy (non-hydrogen) atoms. The lowest BCUT2D eigenvalue weighted by molar-refractivity contribution is 0.165. The lowest BCUT2D eigenvalue weighted by Gasteiger charge is -2.32. The Kier molecular flexibility index (Phi) is 3.27. The van der Waals surface area contributed by atoms with E-state index in [2.05, 4.69) is 24.8 Å². The van der Waals surface area contributed by atoms with E-state index in [0.29, 0.717) is 12.6 Å². The summed E-state index contributed by atoms with van der Waals surface area (Å²) in [6.07, 6.45) is 2.58. The summed E-state index contributed by atoms with van der Waals surface area (Å²) in [5.74, 6) is 0. The van der Waals surface area contributed by atoms with E-state index in [1.165, 1.54) is 5.57 Å². The molecule has 0 bridgehead atoms. The minimum atomic E-state index is -0.709. The highest BCUT2D eigenvalue weighted by Crippen LogP contribution is 2.17. The van der Waals surface area contributed by atoms with Crippen LogP contribution in [0.1, 0.15) is 27.2 Å². The minimum absolute atomic E-state index is 0.508. The van der Waals surface area contributed by atoms with Crippen LogP contribution in [0.25, 0.3) is 0 Å². The van der Waals surface area contributed by atoms with Crippen molar-refractivity contribution in [1.82, 2.24) is 4.90 Å². The molecule has 0 N–H and O–H groups in total. The van der Waals surface area contributed by atoms with Crippen LogP contribution in [0.3, 0.4) is 0 Å². The molecular formula is C10H18FN. The van der Waals surface area contributed by atoms with Gasteiger partial charge in [0, 0.05) is 19.1 Å². The normalized spacial score (nSPS) is 28.3. The number of alkyl halides is 1. The van der Waals surface area contributed by atoms with Crippen molar-refractivity contribution in [2.75, 3.05) is 13.1 Å². The van der Waals surface area contributed by atoms with Gasteiger partial charge in [0.2, 0.25) is 0 Å². The van der Waals surface area contributed by atoms with E-state index in [1.807, 2.05) is 0 Å². The average Bonchev–Trinajstić information content (AvgIpc) is 1.94. The third-order valence-electron chi connectivity index (χ3n) is 2.40. The van der Waals surface area contributed by atoms with E-state index < -0.39 is 6.17 Å². The average molecular weight is 171 g/mol. The van der Waals surface area contributed by atoms with Gasteiger partial charge >= 0.3 is 0 Å². The van der Waals surface area contributed by atoms with Crippen molar-refractivity contribution in [3.8, 4) is 0 Å². The SMILES string of the molecule is CC1=CCN(CC(C)F)C(C)C1. The maximum absolute atomic E-state index is 12.7. The molecule has 0 amide bonds. The smallest absolute Gasteiger partial charge is 0.110 e. The first-order chi connectivity index (χ1) is 5.59. The van der Waals surface area contributed by atoms with Crippen molar-refractivity contribution >= 4 is 0 Å². The molecule has 1 nitrogen and oxygen atoms in total. The highest BCUT2D eigenvalue weighted by atomic mass is 19.1. The molecule has 0 aromatic rings. The summed E-state index contributed by atoms with van der Waals surface area (Å²) in [5.41, 5.74) is 1.44. The standard InChI is InChI=1S/C10H18FN/c1-8-4-5-12(7-9(2)11)10(3)6-8/h4,9-10H,5-7H2,1-3H3. The van der Waals surface area contributed by atoms with E-state index in [4.69, 9.17) is 0 Å². The first kappa shape index (κ1) is 9.72. The molecule has 0 spiro atoms. The van der Waals surface area contributed by atoms with Crippen molar-refractivity contribution < 1.29 is 4.39 Å². The molecule has 0 radical (unpaired) electrons. The summed E-state index contributed by atoms with van der Waals surface area (Å²) in [5, 5.41) is 0. The fourth-order valence-electron chi connectivity index (χ4n) is 1.71. The zero-order chi connectivity index (χ0) is 9.14. The van der Waals surface area contributed by atoms with Gasteiger partial charge < -0.3 is 0 Å². The van der Waals surface area contributed by atoms with Crippen LogP contribution in [0.15, 0.2) is 11.6 Å². The van der Waals surface area contributed by atoms with Crippen LogP contribution in [-0.4, -0.2) is 30.2 Å². The maximum atomic E-state index is 12.7. The van der Waals surface area contributed by atoms with Crippen molar-refractivity contribution in [2.45, 2.75) is 39.4 Å². The molecule has 2 heteroatoms. The molecule has 0 aromatic carbocycles. The largest absolute Gasteiger partial charge is 0.294 e. The van der Waals surface area contributed by atoms with Gasteiger partial charge in [-0.05, 0) is 27.2 Å². The van der Waals surface area contributed by atoms with Crippen LogP contribution in [-0.2, 0) is 0 Å². The lowest BCUT2D eigenvalue weighted by atomic mass is 10.0. The maximum Gasteiger partial charge on any atom is 0.110 e. The molecule has 0 aromatic heterocycles. The monoisotopic (exact) mass is 171 g/mol. The van der Waals surface area contributed by atoms with Gasteiger partial charge in [-0.1, -0.05) is 11.6 Å². The van der Waals surface area contributed by atoms with Crippen LogP contribution in [0.2, 0.25) is 0 Å². The summed E-state index contributed by atoms with van der Waals surface area (Å²) in [6, 6.07) is 0.508. The molecule has 70 valence electrons. The van der Waals surface area contributed by atoms with E-state index in [-0.39, 0.29) is 0 Å². The van der Waals surface area contributed by atoms with Gasteiger partial charge in [0.15, 0.2) is 0 Å². The fourth-order valence-corrected chi connectivity index (χ4v) is 1.71. The second-order valence-electron chi connectivity index (χ2n) is 3.84. The molecular weight excluding hydrogens is 153 g/mol. The van der Waals surface area contributed by atoms with Gasteiger partial charge in [-0.2, -0.15) is 0 Å². The van der Waals surface area contributed by atoms with Gasteiger partial charge in [0.1, 0.15) is 6.17 Å². The minimum Gasteiger partial charge on any atom is -0.294 e. The number of hydrogen-bond acceptors (Lipinski definition) is 1. The zero-order valence-corrected chi connectivity index (χ0v) is 8.18. The highest BCUT2D eigenvalue weighted by molar-refractivity contribution is 5.06. The van der Waals surface area contributed by atoms with Crippen LogP contribution in [0.5, 0.6) is 0 Å². The van der Waals surface area contributed by atoms with E-state index in [1.54, 1.807) is 6.92 Å². The lowest BCUT2D eigenvalue weighted by Crippen LogP contribution is -2.39. The summed E-state index contributed by atoms with van der Waals surface area (Å²) >= 11 is 0. The molecule has 1 aliphatic heterocycles. The Hall–Kier alpha value is -0.370. The van der Waals surface area contributed by atoms with Crippen molar-refractivity contribution in [3.05, 3.63) is 11.6 Å². The molecule has 1 aliphatic rings. The first-order valence-electron chi connectivity index (χ1n) is 4.63. The van der Waals surface area contributed by atoms with Gasteiger partial charge in [-0.15, -0.1) is 0 Å². The van der Waals surface area contributed by atoms with E-state index >= 15 is 0 Å². The summed E-state index contributed by atoms with van der Waals surface area (Å²) in [6.45, 7) is 7.43. The van der Waals surface area contributed by atoms with Gasteiger partial charge in [-0.3, -0.25) is 4.90 Å². The fraction of sp³-hybridized carbons (Fsp3) is 0.800. The predicted octanol–water partition coefficient (Wildman–Crippen LogP) is 2.38. The zero-order valence-electron chi connectivity index (χ0n) is 8.18. The number of halogens is 1. The summed E-state index contributed by atoms with van der Waals surface area (Å²) in [7, 11) is 0. The summed E-state index contributed by atoms with van der Waals surface area (Å²) in [4.78, 5) is 2.19. The number of hydrogen-bond donors (Lipinski definition) is 0. The Labute approximate surface area is 74.3 Å². The molecule has 1 heterocycles. The van der Waals surface area contributed by atoms with Crippen molar-refractivity contribution in [2.24, 2.45) is 0 Å². The highest BCUT2D eigenvalue weighted by Gasteiger charge is 2.18. The third-order valence-corrected chi connectivity index (χ3v) is 2.40. The van der Waals surface area contributed by atoms with E-state index in [0.717, 1.165) is 13.0 Å². The second kappa shape index (κ2) is 4.04. The summed E-state index contributed by atoms with van der Waals surface area (Å²) < 4.78 is 12.7. The van der Waals surface area contributed by atoms with Crippen LogP contribution in [0, 0.1) is 0 Å². The van der Waals surface area contributed by atoms with Gasteiger partial charge in [0.05, 0.1) is 0 Å². The number of nitrogens with zero attached hydrogens (tertiary/aromatic N) is 1. The van der Waals surface area contributed by atoms with Crippen molar-refractivity contribution in [1.29, 1.82) is 0 Å². The van der Waals surface area contributed by atoms with Gasteiger partial charge in [0.25, 0.3) is 0 Å². The van der Waals surface area contributed by atoms with Crippen LogP contribution in [0.4, 0.5) is 4.39 Å². The Bertz CT molecular complexity index is 175. The quantitative estimate of drug-likeness (QED) is 0.577. The predicted molar refractivity (Wildman–Crippen MR) is 50.0 cm³/mol. The molecule has 0 fully saturated rings. The molecule has 1 rings (SSSR count). The van der Waals surface area contributed by atoms with Crippen molar-refractivity contribution in [3.63, 3.8) is 0 Å². The topological polar surface area (TPSA) is 3.24 Å². The molecule has 2 unspecified atom stereocenters. The Morgan fingerprint density at radius 1 is 1.75 bits per heavy atom.